The second kappa shape index (κ2) is 8.53. The SMILES string of the molecule is CC(=O)NCCNC(=O)CSc1ccc(Cl)c(C(=O)O)c1. The Morgan fingerprint density at radius 1 is 1.24 bits per heavy atom. The predicted octanol–water partition coefficient (Wildman–Crippen LogP) is 1.38. The van der Waals surface area contributed by atoms with Gasteiger partial charge in [-0.05, 0) is 18.2 Å². The Balaban J connectivity index is 2.41. The van der Waals surface area contributed by atoms with Crippen LogP contribution < -0.4 is 10.6 Å². The van der Waals surface area contributed by atoms with Gasteiger partial charge in [-0.25, -0.2) is 4.79 Å². The molecule has 0 aromatic heterocycles. The summed E-state index contributed by atoms with van der Waals surface area (Å²) in [7, 11) is 0. The molecule has 0 atom stereocenters. The van der Waals surface area contributed by atoms with Crippen molar-refractivity contribution >= 4 is 41.1 Å². The number of carbonyl (C=O) groups is 3. The van der Waals surface area contributed by atoms with Gasteiger partial charge in [0.05, 0.1) is 16.3 Å². The summed E-state index contributed by atoms with van der Waals surface area (Å²) in [4.78, 5) is 33.8. The van der Waals surface area contributed by atoms with E-state index in [1.54, 1.807) is 6.07 Å². The van der Waals surface area contributed by atoms with Crippen LogP contribution in [0.1, 0.15) is 17.3 Å². The molecular weight excluding hydrogens is 316 g/mol. The Labute approximate surface area is 131 Å². The Bertz CT molecular complexity index is 551. The maximum absolute atomic E-state index is 11.6. The molecule has 0 bridgehead atoms. The third-order valence-corrected chi connectivity index (χ3v) is 3.68. The van der Waals surface area contributed by atoms with Crippen molar-refractivity contribution in [3.63, 3.8) is 0 Å². The first-order valence-electron chi connectivity index (χ1n) is 6.07. The molecule has 6 nitrogen and oxygen atoms in total. The van der Waals surface area contributed by atoms with Crippen LogP contribution in [-0.2, 0) is 9.59 Å². The van der Waals surface area contributed by atoms with Crippen molar-refractivity contribution in [1.82, 2.24) is 10.6 Å². The first-order valence-corrected chi connectivity index (χ1v) is 7.43. The van der Waals surface area contributed by atoms with E-state index in [9.17, 15) is 14.4 Å². The van der Waals surface area contributed by atoms with E-state index in [0.29, 0.717) is 18.0 Å². The molecule has 8 heteroatoms. The fourth-order valence-corrected chi connectivity index (χ4v) is 2.36. The first kappa shape index (κ1) is 17.3. The van der Waals surface area contributed by atoms with Crippen LogP contribution in [0.3, 0.4) is 0 Å². The lowest BCUT2D eigenvalue weighted by atomic mass is 10.2. The second-order valence-electron chi connectivity index (χ2n) is 4.07. The predicted molar refractivity (Wildman–Crippen MR) is 80.8 cm³/mol. The first-order chi connectivity index (χ1) is 9.90. The van der Waals surface area contributed by atoms with E-state index in [0.717, 1.165) is 0 Å². The largest absolute Gasteiger partial charge is 0.478 e. The number of carboxylic acids is 1. The van der Waals surface area contributed by atoms with Crippen molar-refractivity contribution < 1.29 is 19.5 Å². The highest BCUT2D eigenvalue weighted by Gasteiger charge is 2.10. The molecule has 1 rings (SSSR count). The van der Waals surface area contributed by atoms with Crippen LogP contribution in [-0.4, -0.2) is 41.7 Å². The highest BCUT2D eigenvalue weighted by molar-refractivity contribution is 8.00. The molecule has 1 aromatic rings. The van der Waals surface area contributed by atoms with Gasteiger partial charge in [0.15, 0.2) is 0 Å². The minimum atomic E-state index is -1.11. The maximum Gasteiger partial charge on any atom is 0.337 e. The monoisotopic (exact) mass is 330 g/mol. The number of nitrogens with one attached hydrogen (secondary N) is 2. The summed E-state index contributed by atoms with van der Waals surface area (Å²) in [6, 6.07) is 4.58. The van der Waals surface area contributed by atoms with Crippen molar-refractivity contribution in [1.29, 1.82) is 0 Å². The molecule has 0 saturated heterocycles. The summed E-state index contributed by atoms with van der Waals surface area (Å²) in [6.45, 7) is 2.12. The third-order valence-electron chi connectivity index (χ3n) is 2.36. The number of benzene rings is 1. The summed E-state index contributed by atoms with van der Waals surface area (Å²) in [5.41, 5.74) is 0.00716. The van der Waals surface area contributed by atoms with Crippen molar-refractivity contribution in [2.45, 2.75) is 11.8 Å². The molecule has 0 fully saturated rings. The normalized spacial score (nSPS) is 10.0. The van der Waals surface area contributed by atoms with E-state index < -0.39 is 5.97 Å². The average Bonchev–Trinajstić information content (AvgIpc) is 2.42. The molecule has 0 heterocycles. The van der Waals surface area contributed by atoms with Gasteiger partial charge in [0.25, 0.3) is 0 Å². The number of carboxylic acid groups (broad SMARTS) is 1. The van der Waals surface area contributed by atoms with Gasteiger partial charge in [-0.2, -0.15) is 0 Å². The van der Waals surface area contributed by atoms with Crippen molar-refractivity contribution in [3.05, 3.63) is 28.8 Å². The molecule has 2 amide bonds. The summed E-state index contributed by atoms with van der Waals surface area (Å²) in [5, 5.41) is 14.3. The summed E-state index contributed by atoms with van der Waals surface area (Å²) >= 11 is 6.97. The summed E-state index contributed by atoms with van der Waals surface area (Å²) in [6.07, 6.45) is 0. The maximum atomic E-state index is 11.6. The standard InChI is InChI=1S/C13H15ClN2O4S/c1-8(17)15-4-5-16-12(18)7-21-9-2-3-11(14)10(6-9)13(19)20/h2-3,6H,4-5,7H2,1H3,(H,15,17)(H,16,18)(H,19,20). The van der Waals surface area contributed by atoms with Gasteiger partial charge < -0.3 is 15.7 Å². The zero-order chi connectivity index (χ0) is 15.8. The molecule has 1 aromatic carbocycles. The molecule has 0 aliphatic rings. The van der Waals surface area contributed by atoms with Crippen LogP contribution >= 0.6 is 23.4 Å². The average molecular weight is 331 g/mol. The van der Waals surface area contributed by atoms with Crippen molar-refractivity contribution in [2.24, 2.45) is 0 Å². The highest BCUT2D eigenvalue weighted by Crippen LogP contribution is 2.24. The molecule has 0 radical (unpaired) electrons. The molecule has 0 aliphatic carbocycles. The number of amides is 2. The Morgan fingerprint density at radius 3 is 2.52 bits per heavy atom. The van der Waals surface area contributed by atoms with Crippen LogP contribution in [0, 0.1) is 0 Å². The Morgan fingerprint density at radius 2 is 1.90 bits per heavy atom. The Kier molecular flexibility index (Phi) is 7.04. The zero-order valence-corrected chi connectivity index (χ0v) is 12.9. The van der Waals surface area contributed by atoms with Crippen LogP contribution in [0.2, 0.25) is 5.02 Å². The van der Waals surface area contributed by atoms with Crippen LogP contribution in [0.5, 0.6) is 0 Å². The van der Waals surface area contributed by atoms with Gasteiger partial charge in [0, 0.05) is 24.9 Å². The van der Waals surface area contributed by atoms with E-state index >= 15 is 0 Å². The van der Waals surface area contributed by atoms with E-state index in [4.69, 9.17) is 16.7 Å². The minimum Gasteiger partial charge on any atom is -0.478 e. The van der Waals surface area contributed by atoms with Crippen LogP contribution in [0.4, 0.5) is 0 Å². The minimum absolute atomic E-state index is 0.00716. The van der Waals surface area contributed by atoms with Gasteiger partial charge in [-0.3, -0.25) is 9.59 Å². The van der Waals surface area contributed by atoms with Gasteiger partial charge in [0.2, 0.25) is 11.8 Å². The third kappa shape index (κ3) is 6.50. The smallest absolute Gasteiger partial charge is 0.337 e. The molecular formula is C13H15ClN2O4S. The number of hydrogen-bond acceptors (Lipinski definition) is 4. The fraction of sp³-hybridized carbons (Fsp3) is 0.308. The molecule has 0 spiro atoms. The van der Waals surface area contributed by atoms with Crippen molar-refractivity contribution in [3.8, 4) is 0 Å². The topological polar surface area (TPSA) is 95.5 Å². The quantitative estimate of drug-likeness (QED) is 0.518. The lowest BCUT2D eigenvalue weighted by Gasteiger charge is -2.06. The fourth-order valence-electron chi connectivity index (χ4n) is 1.40. The van der Waals surface area contributed by atoms with Gasteiger partial charge in [-0.1, -0.05) is 11.6 Å². The Hall–Kier alpha value is -1.73. The number of aromatic carboxylic acids is 1. The van der Waals surface area contributed by atoms with E-state index in [-0.39, 0.29) is 28.2 Å². The molecule has 0 saturated carbocycles. The summed E-state index contributed by atoms with van der Waals surface area (Å²) in [5.74, 6) is -1.30. The second-order valence-corrected chi connectivity index (χ2v) is 5.52. The number of thioether (sulfide) groups is 1. The van der Waals surface area contributed by atoms with Gasteiger partial charge in [-0.15, -0.1) is 11.8 Å². The van der Waals surface area contributed by atoms with Gasteiger partial charge in [0.1, 0.15) is 0 Å². The molecule has 114 valence electrons. The lowest BCUT2D eigenvalue weighted by molar-refractivity contribution is -0.120. The van der Waals surface area contributed by atoms with Crippen LogP contribution in [0.15, 0.2) is 23.1 Å². The van der Waals surface area contributed by atoms with E-state index in [2.05, 4.69) is 10.6 Å². The van der Waals surface area contributed by atoms with Crippen LogP contribution in [0.25, 0.3) is 0 Å². The number of hydrogen-bond donors (Lipinski definition) is 3. The number of rotatable bonds is 7. The number of halogens is 1. The summed E-state index contributed by atoms with van der Waals surface area (Å²) < 4.78 is 0. The highest BCUT2D eigenvalue weighted by atomic mass is 35.5. The number of carbonyl (C=O) groups excluding carboxylic acids is 2. The zero-order valence-electron chi connectivity index (χ0n) is 11.3. The molecule has 0 aliphatic heterocycles. The van der Waals surface area contributed by atoms with Gasteiger partial charge >= 0.3 is 5.97 Å². The lowest BCUT2D eigenvalue weighted by Crippen LogP contribution is -2.34. The van der Waals surface area contributed by atoms with E-state index in [1.165, 1.54) is 30.8 Å². The van der Waals surface area contributed by atoms with Crippen molar-refractivity contribution in [2.75, 3.05) is 18.8 Å². The molecule has 21 heavy (non-hydrogen) atoms. The molecule has 3 N–H and O–H groups in total. The molecule has 0 unspecified atom stereocenters. The van der Waals surface area contributed by atoms with E-state index in [1.807, 2.05) is 0 Å².